The van der Waals surface area contributed by atoms with Gasteiger partial charge in [0.25, 0.3) is 0 Å². The average Bonchev–Trinajstić information content (AvgIpc) is 2.37. The van der Waals surface area contributed by atoms with E-state index in [1.54, 1.807) is 0 Å². The molecule has 0 amide bonds. The molecule has 11 heavy (non-hydrogen) atoms. The van der Waals surface area contributed by atoms with Crippen LogP contribution in [0.2, 0.25) is 0 Å². The highest BCUT2D eigenvalue weighted by atomic mass is 32.2. The van der Waals surface area contributed by atoms with Crippen LogP contribution in [0.1, 0.15) is 19.8 Å². The van der Waals surface area contributed by atoms with Crippen molar-refractivity contribution in [1.29, 1.82) is 0 Å². The zero-order valence-electron chi connectivity index (χ0n) is 6.41. The van der Waals surface area contributed by atoms with Gasteiger partial charge in [0.15, 0.2) is 0 Å². The van der Waals surface area contributed by atoms with E-state index in [0.29, 0.717) is 6.54 Å². The summed E-state index contributed by atoms with van der Waals surface area (Å²) in [5.41, 5.74) is 0. The van der Waals surface area contributed by atoms with Gasteiger partial charge in [0.1, 0.15) is 5.25 Å². The molecule has 0 aliphatic carbocycles. The fourth-order valence-electron chi connectivity index (χ4n) is 0.904. The van der Waals surface area contributed by atoms with Crippen LogP contribution in [-0.4, -0.2) is 27.9 Å². The third-order valence-corrected chi connectivity index (χ3v) is 2.69. The highest BCUT2D eigenvalue weighted by Crippen LogP contribution is 2.23. The SMILES string of the molecule is CCCC1=NCC(C(=O)O)S1. The summed E-state index contributed by atoms with van der Waals surface area (Å²) in [6.45, 7) is 2.52. The maximum atomic E-state index is 10.5. The fourth-order valence-corrected chi connectivity index (χ4v) is 1.95. The van der Waals surface area contributed by atoms with Gasteiger partial charge in [-0.2, -0.15) is 0 Å². The molecule has 0 saturated heterocycles. The molecule has 1 aliphatic heterocycles. The second-order valence-corrected chi connectivity index (χ2v) is 3.71. The first-order valence-electron chi connectivity index (χ1n) is 3.66. The Morgan fingerprint density at radius 1 is 1.91 bits per heavy atom. The van der Waals surface area contributed by atoms with E-state index in [2.05, 4.69) is 11.9 Å². The summed E-state index contributed by atoms with van der Waals surface area (Å²) in [5.74, 6) is -0.746. The largest absolute Gasteiger partial charge is 0.480 e. The molecular weight excluding hydrogens is 162 g/mol. The highest BCUT2D eigenvalue weighted by molar-refractivity contribution is 8.15. The average molecular weight is 173 g/mol. The molecule has 0 spiro atoms. The van der Waals surface area contributed by atoms with Crippen molar-refractivity contribution in [2.75, 3.05) is 6.54 Å². The second kappa shape index (κ2) is 3.76. The molecule has 0 aromatic rings. The third-order valence-electron chi connectivity index (χ3n) is 1.45. The summed E-state index contributed by atoms with van der Waals surface area (Å²) in [5, 5.41) is 9.28. The molecule has 1 aliphatic rings. The molecule has 0 saturated carbocycles. The van der Waals surface area contributed by atoms with Crippen LogP contribution in [0.4, 0.5) is 0 Å². The van der Waals surface area contributed by atoms with Crippen molar-refractivity contribution in [1.82, 2.24) is 0 Å². The lowest BCUT2D eigenvalue weighted by Crippen LogP contribution is -2.16. The van der Waals surface area contributed by atoms with Crippen molar-refractivity contribution >= 4 is 22.8 Å². The van der Waals surface area contributed by atoms with Crippen molar-refractivity contribution in [3.8, 4) is 0 Å². The number of hydrogen-bond acceptors (Lipinski definition) is 3. The Bertz CT molecular complexity index is 191. The van der Waals surface area contributed by atoms with Gasteiger partial charge in [0.05, 0.1) is 11.6 Å². The number of carbonyl (C=O) groups is 1. The van der Waals surface area contributed by atoms with E-state index < -0.39 is 5.97 Å². The Kier molecular flexibility index (Phi) is 2.93. The predicted octanol–water partition coefficient (Wildman–Crippen LogP) is 1.39. The van der Waals surface area contributed by atoms with Crippen LogP contribution < -0.4 is 0 Å². The van der Waals surface area contributed by atoms with Gasteiger partial charge in [-0.3, -0.25) is 9.79 Å². The quantitative estimate of drug-likeness (QED) is 0.701. The molecule has 0 bridgehead atoms. The lowest BCUT2D eigenvalue weighted by atomic mass is 10.4. The number of carboxylic acids is 1. The first kappa shape index (κ1) is 8.59. The number of rotatable bonds is 3. The smallest absolute Gasteiger partial charge is 0.318 e. The normalized spacial score (nSPS) is 23.4. The number of carboxylic acid groups (broad SMARTS) is 1. The molecule has 4 heteroatoms. The van der Waals surface area contributed by atoms with Crippen LogP contribution in [0, 0.1) is 0 Å². The number of nitrogens with zero attached hydrogens (tertiary/aromatic N) is 1. The molecule has 1 atom stereocenters. The molecule has 0 radical (unpaired) electrons. The van der Waals surface area contributed by atoms with E-state index in [9.17, 15) is 4.79 Å². The van der Waals surface area contributed by atoms with E-state index >= 15 is 0 Å². The van der Waals surface area contributed by atoms with Gasteiger partial charge in [0, 0.05) is 0 Å². The molecular formula is C7H11NO2S. The lowest BCUT2D eigenvalue weighted by Gasteiger charge is -1.99. The van der Waals surface area contributed by atoms with Gasteiger partial charge in [-0.05, 0) is 6.42 Å². The minimum atomic E-state index is -0.746. The van der Waals surface area contributed by atoms with Gasteiger partial charge < -0.3 is 5.11 Å². The summed E-state index contributed by atoms with van der Waals surface area (Å²) in [6.07, 6.45) is 1.96. The highest BCUT2D eigenvalue weighted by Gasteiger charge is 2.24. The van der Waals surface area contributed by atoms with Crippen molar-refractivity contribution < 1.29 is 9.90 Å². The van der Waals surface area contributed by atoms with Gasteiger partial charge in [0.2, 0.25) is 0 Å². The third kappa shape index (κ3) is 2.22. The van der Waals surface area contributed by atoms with Gasteiger partial charge in [-0.25, -0.2) is 0 Å². The van der Waals surface area contributed by atoms with E-state index in [1.165, 1.54) is 11.8 Å². The number of thioether (sulfide) groups is 1. The Morgan fingerprint density at radius 3 is 3.09 bits per heavy atom. The van der Waals surface area contributed by atoms with E-state index in [-0.39, 0.29) is 5.25 Å². The van der Waals surface area contributed by atoms with Crippen LogP contribution in [0.25, 0.3) is 0 Å². The molecule has 1 rings (SSSR count). The van der Waals surface area contributed by atoms with Gasteiger partial charge >= 0.3 is 5.97 Å². The molecule has 1 heterocycles. The summed E-state index contributed by atoms with van der Waals surface area (Å²) in [4.78, 5) is 14.6. The molecule has 3 nitrogen and oxygen atoms in total. The second-order valence-electron chi connectivity index (χ2n) is 2.43. The molecule has 0 fully saturated rings. The van der Waals surface area contributed by atoms with E-state index in [4.69, 9.17) is 5.11 Å². The summed E-state index contributed by atoms with van der Waals surface area (Å²) in [7, 11) is 0. The number of aliphatic carboxylic acids is 1. The maximum Gasteiger partial charge on any atom is 0.318 e. The van der Waals surface area contributed by atoms with Crippen molar-refractivity contribution in [2.45, 2.75) is 25.0 Å². The fraction of sp³-hybridized carbons (Fsp3) is 0.714. The van der Waals surface area contributed by atoms with Crippen molar-refractivity contribution in [3.05, 3.63) is 0 Å². The van der Waals surface area contributed by atoms with E-state index in [0.717, 1.165) is 17.9 Å². The van der Waals surface area contributed by atoms with Crippen LogP contribution in [0.3, 0.4) is 0 Å². The Morgan fingerprint density at radius 2 is 2.64 bits per heavy atom. The topological polar surface area (TPSA) is 49.7 Å². The minimum Gasteiger partial charge on any atom is -0.480 e. The Labute approximate surface area is 69.9 Å². The standard InChI is InChI=1S/C7H11NO2S/c1-2-3-6-8-4-5(11-6)7(9)10/h5H,2-4H2,1H3,(H,9,10). The first-order valence-corrected chi connectivity index (χ1v) is 4.54. The molecule has 1 unspecified atom stereocenters. The summed E-state index contributed by atoms with van der Waals surface area (Å²) < 4.78 is 0. The number of aliphatic imine (C=N–C) groups is 1. The maximum absolute atomic E-state index is 10.5. The van der Waals surface area contributed by atoms with Gasteiger partial charge in [-0.1, -0.05) is 25.1 Å². The molecule has 1 N–H and O–H groups in total. The first-order chi connectivity index (χ1) is 5.24. The van der Waals surface area contributed by atoms with Crippen molar-refractivity contribution in [3.63, 3.8) is 0 Å². The zero-order chi connectivity index (χ0) is 8.27. The van der Waals surface area contributed by atoms with Crippen LogP contribution in [0.15, 0.2) is 4.99 Å². The monoisotopic (exact) mass is 173 g/mol. The predicted molar refractivity (Wildman–Crippen MR) is 46.2 cm³/mol. The van der Waals surface area contributed by atoms with Crippen LogP contribution in [0.5, 0.6) is 0 Å². The Hall–Kier alpha value is -0.510. The minimum absolute atomic E-state index is 0.323. The van der Waals surface area contributed by atoms with E-state index in [1.807, 2.05) is 0 Å². The van der Waals surface area contributed by atoms with Crippen molar-refractivity contribution in [2.24, 2.45) is 4.99 Å². The van der Waals surface area contributed by atoms with Gasteiger partial charge in [-0.15, -0.1) is 0 Å². The molecule has 62 valence electrons. The van der Waals surface area contributed by atoms with Crippen LogP contribution in [-0.2, 0) is 4.79 Å². The number of hydrogen-bond donors (Lipinski definition) is 1. The van der Waals surface area contributed by atoms with Crippen LogP contribution >= 0.6 is 11.8 Å². The zero-order valence-corrected chi connectivity index (χ0v) is 7.23. The summed E-state index contributed by atoms with van der Waals surface area (Å²) in [6, 6.07) is 0. The summed E-state index contributed by atoms with van der Waals surface area (Å²) >= 11 is 1.39. The Balaban J connectivity index is 2.36. The lowest BCUT2D eigenvalue weighted by molar-refractivity contribution is -0.136. The molecule has 0 aromatic heterocycles. The molecule has 0 aromatic carbocycles.